The van der Waals surface area contributed by atoms with Gasteiger partial charge in [-0.2, -0.15) is 0 Å². The quantitative estimate of drug-likeness (QED) is 0.230. The van der Waals surface area contributed by atoms with Crippen molar-refractivity contribution >= 4 is 28.9 Å². The minimum absolute atomic E-state index is 0.546. The molecule has 4 aromatic rings. The molecule has 4 N–H and O–H groups in total. The van der Waals surface area contributed by atoms with Crippen LogP contribution < -0.4 is 0 Å². The van der Waals surface area contributed by atoms with Crippen LogP contribution in [0.25, 0.3) is 22.4 Å². The molecule has 4 rings (SSSR count). The highest BCUT2D eigenvalue weighted by Gasteiger charge is 2.40. The molecule has 0 aliphatic rings. The van der Waals surface area contributed by atoms with Crippen LogP contribution in [0.5, 0.6) is 0 Å². The van der Waals surface area contributed by atoms with Gasteiger partial charge in [-0.1, -0.05) is 29.8 Å². The number of aliphatic hydroxyl groups is 1. The number of hydrogen-bond donors (Lipinski definition) is 4. The first-order valence-electron chi connectivity index (χ1n) is 11.8. The molecule has 0 fully saturated rings. The summed E-state index contributed by atoms with van der Waals surface area (Å²) in [6.45, 7) is 5.45. The molecule has 12 nitrogen and oxygen atoms in total. The molecule has 0 atom stereocenters. The van der Waals surface area contributed by atoms with Crippen molar-refractivity contribution in [3.63, 3.8) is 0 Å². The van der Waals surface area contributed by atoms with E-state index in [1.807, 2.05) is 43.4 Å². The Balaban J connectivity index is 0.000000276. The highest BCUT2D eigenvalue weighted by molar-refractivity contribution is 5.88. The van der Waals surface area contributed by atoms with E-state index < -0.39 is 36.4 Å². The smallest absolute Gasteiger partial charge is 0.336 e. The van der Waals surface area contributed by atoms with E-state index in [1.54, 1.807) is 0 Å². The van der Waals surface area contributed by atoms with Gasteiger partial charge < -0.3 is 29.3 Å². The molecule has 0 bridgehead atoms. The van der Waals surface area contributed by atoms with E-state index in [0.717, 1.165) is 16.9 Å². The SMILES string of the molecule is Cc1ccc2oc(CN(C)Cc3nnc(-c4ccccc4)o3)c(C)c2c1.O=C(O)CC(O)(CC(=O)O)C(=O)O. The van der Waals surface area contributed by atoms with Gasteiger partial charge in [-0.25, -0.2) is 4.79 Å². The second kappa shape index (κ2) is 12.3. The summed E-state index contributed by atoms with van der Waals surface area (Å²) in [6, 6.07) is 16.1. The lowest BCUT2D eigenvalue weighted by atomic mass is 9.96. The molecular formula is C27H29N3O9. The first-order chi connectivity index (χ1) is 18.4. The molecule has 0 radical (unpaired) electrons. The normalized spacial score (nSPS) is 11.3. The van der Waals surface area contributed by atoms with Crippen LogP contribution in [0.15, 0.2) is 57.4 Å². The number of aliphatic carboxylic acids is 3. The zero-order valence-electron chi connectivity index (χ0n) is 21.6. The number of carboxylic acids is 3. The second-order valence-corrected chi connectivity index (χ2v) is 9.17. The lowest BCUT2D eigenvalue weighted by molar-refractivity contribution is -0.170. The lowest BCUT2D eigenvalue weighted by Gasteiger charge is -2.18. The number of aryl methyl sites for hydroxylation is 2. The maximum atomic E-state index is 10.3. The van der Waals surface area contributed by atoms with Crippen LogP contribution in [0.1, 0.15) is 35.6 Å². The lowest BCUT2D eigenvalue weighted by Crippen LogP contribution is -2.42. The Labute approximate surface area is 223 Å². The van der Waals surface area contributed by atoms with Gasteiger partial charge in [0.15, 0.2) is 5.60 Å². The van der Waals surface area contributed by atoms with Gasteiger partial charge in [0.2, 0.25) is 11.8 Å². The molecule has 0 spiro atoms. The largest absolute Gasteiger partial charge is 0.481 e. The fourth-order valence-corrected chi connectivity index (χ4v) is 3.80. The number of nitrogens with zero attached hydrogens (tertiary/aromatic N) is 3. The van der Waals surface area contributed by atoms with Gasteiger partial charge in [0.25, 0.3) is 0 Å². The molecule has 0 aliphatic heterocycles. The van der Waals surface area contributed by atoms with Crippen molar-refractivity contribution in [1.82, 2.24) is 15.1 Å². The Morgan fingerprint density at radius 1 is 0.897 bits per heavy atom. The summed E-state index contributed by atoms with van der Waals surface area (Å²) in [4.78, 5) is 32.6. The molecule has 2 aromatic carbocycles. The Morgan fingerprint density at radius 3 is 2.13 bits per heavy atom. The zero-order valence-corrected chi connectivity index (χ0v) is 21.6. The third-order valence-electron chi connectivity index (χ3n) is 5.78. The van der Waals surface area contributed by atoms with Gasteiger partial charge in [-0.05, 0) is 50.7 Å². The van der Waals surface area contributed by atoms with E-state index in [2.05, 4.69) is 41.1 Å². The topological polar surface area (TPSA) is 187 Å². The molecule has 2 aromatic heterocycles. The predicted molar refractivity (Wildman–Crippen MR) is 138 cm³/mol. The van der Waals surface area contributed by atoms with Gasteiger partial charge in [-0.15, -0.1) is 10.2 Å². The van der Waals surface area contributed by atoms with E-state index in [4.69, 9.17) is 29.3 Å². The summed E-state index contributed by atoms with van der Waals surface area (Å²) in [6.07, 6.45) is -2.29. The van der Waals surface area contributed by atoms with Crippen LogP contribution >= 0.6 is 0 Å². The first-order valence-corrected chi connectivity index (χ1v) is 11.8. The number of rotatable bonds is 10. The number of hydrogen-bond acceptors (Lipinski definition) is 9. The molecule has 0 aliphatic carbocycles. The van der Waals surface area contributed by atoms with Crippen molar-refractivity contribution in [2.24, 2.45) is 0 Å². The number of benzene rings is 2. The van der Waals surface area contributed by atoms with Crippen molar-refractivity contribution in [2.45, 2.75) is 45.4 Å². The van der Waals surface area contributed by atoms with Gasteiger partial charge in [-0.3, -0.25) is 14.5 Å². The zero-order chi connectivity index (χ0) is 28.7. The van der Waals surface area contributed by atoms with Crippen molar-refractivity contribution in [3.05, 3.63) is 71.3 Å². The Bertz CT molecular complexity index is 1440. The fourth-order valence-electron chi connectivity index (χ4n) is 3.80. The van der Waals surface area contributed by atoms with Crippen LogP contribution in [0.2, 0.25) is 0 Å². The summed E-state index contributed by atoms with van der Waals surface area (Å²) >= 11 is 0. The van der Waals surface area contributed by atoms with E-state index >= 15 is 0 Å². The highest BCUT2D eigenvalue weighted by atomic mass is 16.4. The molecule has 206 valence electrons. The van der Waals surface area contributed by atoms with E-state index in [1.165, 1.54) is 16.5 Å². The second-order valence-electron chi connectivity index (χ2n) is 9.17. The summed E-state index contributed by atoms with van der Waals surface area (Å²) in [5, 5.41) is 43.3. The number of fused-ring (bicyclic) bond motifs is 1. The van der Waals surface area contributed by atoms with Crippen LogP contribution in [0.3, 0.4) is 0 Å². The van der Waals surface area contributed by atoms with Gasteiger partial charge in [0.1, 0.15) is 11.3 Å². The average molecular weight is 540 g/mol. The maximum absolute atomic E-state index is 10.3. The fraction of sp³-hybridized carbons (Fsp3) is 0.296. The minimum atomic E-state index is -2.74. The van der Waals surface area contributed by atoms with Crippen LogP contribution in [-0.4, -0.2) is 66.1 Å². The van der Waals surface area contributed by atoms with E-state index in [-0.39, 0.29) is 0 Å². The molecule has 0 saturated heterocycles. The van der Waals surface area contributed by atoms with Crippen molar-refractivity contribution in [2.75, 3.05) is 7.05 Å². The third-order valence-corrected chi connectivity index (χ3v) is 5.78. The standard InChI is InChI=1S/C21H21N3O2.C6H8O7/c1-14-9-10-18-17(11-14)15(2)19(25-18)12-24(3)13-20-22-23-21(26-20)16-7-5-4-6-8-16;7-3(8)1-6(13,5(11)12)2-4(9)10/h4-11H,12-13H2,1-3H3;13H,1-2H2,(H,7,8)(H,9,10)(H,11,12). The Morgan fingerprint density at radius 2 is 1.54 bits per heavy atom. The third kappa shape index (κ3) is 7.72. The van der Waals surface area contributed by atoms with Crippen molar-refractivity contribution < 1.29 is 43.6 Å². The number of carboxylic acid groups (broad SMARTS) is 3. The number of furan rings is 1. The van der Waals surface area contributed by atoms with Crippen LogP contribution in [0, 0.1) is 13.8 Å². The van der Waals surface area contributed by atoms with Crippen LogP contribution in [-0.2, 0) is 27.5 Å². The van der Waals surface area contributed by atoms with Gasteiger partial charge in [0, 0.05) is 10.9 Å². The van der Waals surface area contributed by atoms with Crippen molar-refractivity contribution in [1.29, 1.82) is 0 Å². The van der Waals surface area contributed by atoms with E-state index in [9.17, 15) is 14.4 Å². The van der Waals surface area contributed by atoms with Crippen molar-refractivity contribution in [3.8, 4) is 11.5 Å². The summed E-state index contributed by atoms with van der Waals surface area (Å²) in [5.41, 5.74) is 1.54. The summed E-state index contributed by atoms with van der Waals surface area (Å²) < 4.78 is 11.8. The first kappa shape index (κ1) is 29.0. The molecule has 12 heteroatoms. The van der Waals surface area contributed by atoms with Gasteiger partial charge >= 0.3 is 17.9 Å². The Kier molecular flexibility index (Phi) is 9.17. The molecule has 0 unspecified atom stereocenters. The molecule has 2 heterocycles. The number of carbonyl (C=O) groups is 3. The molecular weight excluding hydrogens is 510 g/mol. The van der Waals surface area contributed by atoms with E-state index in [0.29, 0.717) is 24.9 Å². The molecule has 0 saturated carbocycles. The maximum Gasteiger partial charge on any atom is 0.336 e. The van der Waals surface area contributed by atoms with Gasteiger partial charge in [0.05, 0.1) is 25.9 Å². The Hall–Kier alpha value is -4.55. The predicted octanol–water partition coefficient (Wildman–Crippen LogP) is 3.48. The average Bonchev–Trinajstić information content (AvgIpc) is 3.43. The highest BCUT2D eigenvalue weighted by Crippen LogP contribution is 2.27. The molecule has 0 amide bonds. The monoisotopic (exact) mass is 539 g/mol. The minimum Gasteiger partial charge on any atom is -0.481 e. The summed E-state index contributed by atoms with van der Waals surface area (Å²) in [5.74, 6) is -2.91. The molecule has 39 heavy (non-hydrogen) atoms. The summed E-state index contributed by atoms with van der Waals surface area (Å²) in [7, 11) is 2.02. The number of aromatic nitrogens is 2. The van der Waals surface area contributed by atoms with Crippen LogP contribution in [0.4, 0.5) is 0 Å².